The molecule has 0 spiro atoms. The third kappa shape index (κ3) is 3.97. The molecule has 9 nitrogen and oxygen atoms in total. The van der Waals surface area contributed by atoms with Crippen LogP contribution in [0.15, 0.2) is 41.8 Å². The Bertz CT molecular complexity index is 1350. The highest BCUT2D eigenvalue weighted by Crippen LogP contribution is 2.40. The number of aromatic nitrogens is 4. The van der Waals surface area contributed by atoms with E-state index in [9.17, 15) is 8.42 Å². The van der Waals surface area contributed by atoms with Gasteiger partial charge in [0.05, 0.1) is 30.6 Å². The molecule has 34 heavy (non-hydrogen) atoms. The quantitative estimate of drug-likeness (QED) is 0.608. The van der Waals surface area contributed by atoms with Crippen molar-refractivity contribution < 1.29 is 13.2 Å². The zero-order chi connectivity index (χ0) is 24.0. The summed E-state index contributed by atoms with van der Waals surface area (Å²) in [4.78, 5) is 13.8. The minimum absolute atomic E-state index is 0.0734. The first kappa shape index (κ1) is 22.5. The van der Waals surface area contributed by atoms with Crippen molar-refractivity contribution in [2.75, 3.05) is 38.0 Å². The molecule has 3 aromatic heterocycles. The van der Waals surface area contributed by atoms with E-state index in [0.29, 0.717) is 13.2 Å². The van der Waals surface area contributed by atoms with Crippen LogP contribution in [0.25, 0.3) is 17.2 Å². The van der Waals surface area contributed by atoms with Gasteiger partial charge in [0, 0.05) is 49.6 Å². The van der Waals surface area contributed by atoms with Crippen LogP contribution >= 0.6 is 0 Å². The van der Waals surface area contributed by atoms with E-state index < -0.39 is 9.84 Å². The molecule has 1 saturated heterocycles. The molecule has 0 aromatic carbocycles. The number of aryl methyl sites for hydroxylation is 1. The van der Waals surface area contributed by atoms with E-state index in [0.717, 1.165) is 46.0 Å². The molecular formula is C24H28N6O3S. The summed E-state index contributed by atoms with van der Waals surface area (Å²) in [6.45, 7) is 6.08. The Morgan fingerprint density at radius 1 is 1.24 bits per heavy atom. The van der Waals surface area contributed by atoms with Gasteiger partial charge in [-0.2, -0.15) is 5.10 Å². The molecular weight excluding hydrogens is 452 g/mol. The average molecular weight is 481 g/mol. The number of nitrogens with one attached hydrogen (secondary N) is 1. The van der Waals surface area contributed by atoms with E-state index in [-0.39, 0.29) is 17.1 Å². The molecule has 0 amide bonds. The van der Waals surface area contributed by atoms with Crippen molar-refractivity contribution in [1.29, 1.82) is 0 Å². The lowest BCUT2D eigenvalue weighted by molar-refractivity contribution is 0.0985. The Balaban J connectivity index is 1.74. The van der Waals surface area contributed by atoms with E-state index in [1.807, 2.05) is 26.2 Å². The Hall–Kier alpha value is -3.24. The molecule has 0 saturated carbocycles. The van der Waals surface area contributed by atoms with Crippen LogP contribution in [0.4, 0.5) is 5.82 Å². The van der Waals surface area contributed by atoms with E-state index in [2.05, 4.69) is 44.0 Å². The predicted molar refractivity (Wildman–Crippen MR) is 130 cm³/mol. The number of sulfone groups is 1. The number of hydrogen-bond donors (Lipinski definition) is 1. The van der Waals surface area contributed by atoms with Crippen molar-refractivity contribution in [3.63, 3.8) is 0 Å². The number of anilines is 1. The van der Waals surface area contributed by atoms with Crippen LogP contribution in [-0.2, 0) is 14.6 Å². The zero-order valence-corrected chi connectivity index (χ0v) is 20.5. The normalized spacial score (nSPS) is 20.5. The van der Waals surface area contributed by atoms with Crippen molar-refractivity contribution in [1.82, 2.24) is 25.1 Å². The van der Waals surface area contributed by atoms with Gasteiger partial charge in [-0.05, 0) is 49.2 Å². The molecule has 0 bridgehead atoms. The van der Waals surface area contributed by atoms with E-state index >= 15 is 0 Å². The fourth-order valence-electron chi connectivity index (χ4n) is 4.65. The summed E-state index contributed by atoms with van der Waals surface area (Å²) in [5.74, 6) is 0.865. The van der Waals surface area contributed by atoms with E-state index in [4.69, 9.17) is 9.72 Å². The monoisotopic (exact) mass is 480 g/mol. The summed E-state index contributed by atoms with van der Waals surface area (Å²) < 4.78 is 29.8. The van der Waals surface area contributed by atoms with Crippen molar-refractivity contribution in [3.05, 3.63) is 59.3 Å². The van der Waals surface area contributed by atoms with Gasteiger partial charge >= 0.3 is 0 Å². The van der Waals surface area contributed by atoms with Gasteiger partial charge in [0.25, 0.3) is 0 Å². The van der Waals surface area contributed by atoms with Gasteiger partial charge in [-0.1, -0.05) is 0 Å². The van der Waals surface area contributed by atoms with Crippen molar-refractivity contribution in [2.24, 2.45) is 0 Å². The van der Waals surface area contributed by atoms with Crippen LogP contribution in [0.5, 0.6) is 0 Å². The highest BCUT2D eigenvalue weighted by Gasteiger charge is 2.31. The molecule has 2 aliphatic heterocycles. The summed E-state index contributed by atoms with van der Waals surface area (Å²) in [5.41, 5.74) is 5.53. The van der Waals surface area contributed by atoms with Crippen LogP contribution in [0.3, 0.4) is 0 Å². The Morgan fingerprint density at radius 2 is 2.06 bits per heavy atom. The number of fused-ring (bicyclic) bond motifs is 1. The standard InChI is InChI=1S/C24H28N6O3S/c1-15-11-22(34(4,31)32)25-13-19(15)18-12-21(30-9-10-33-14-16(30)2)27-23-17(18)6-8-29(3)24(23)20-5-7-26-28-20/h5-8,11-13,16,24H,9-10,14H2,1-4H3,(H,26,28)/t16-,24?/m1/s1. The first-order valence-electron chi connectivity index (χ1n) is 11.2. The molecule has 5 rings (SSSR count). The molecule has 1 N–H and O–H groups in total. The highest BCUT2D eigenvalue weighted by molar-refractivity contribution is 7.90. The number of aromatic amines is 1. The maximum absolute atomic E-state index is 12.1. The molecule has 3 aromatic rings. The Labute approximate surface area is 199 Å². The highest BCUT2D eigenvalue weighted by atomic mass is 32.2. The number of nitrogens with zero attached hydrogens (tertiary/aromatic N) is 5. The lowest BCUT2D eigenvalue weighted by atomic mass is 9.91. The first-order valence-corrected chi connectivity index (χ1v) is 13.1. The summed E-state index contributed by atoms with van der Waals surface area (Å²) in [7, 11) is -1.38. The number of rotatable bonds is 4. The second kappa shape index (κ2) is 8.52. The van der Waals surface area contributed by atoms with Crippen LogP contribution in [0.1, 0.15) is 35.5 Å². The van der Waals surface area contributed by atoms with Crippen LogP contribution < -0.4 is 4.90 Å². The molecule has 1 fully saturated rings. The number of morpholine rings is 1. The molecule has 178 valence electrons. The second-order valence-electron chi connectivity index (χ2n) is 8.95. The largest absolute Gasteiger partial charge is 0.377 e. The molecule has 5 heterocycles. The third-order valence-electron chi connectivity index (χ3n) is 6.45. The third-order valence-corrected chi connectivity index (χ3v) is 7.43. The fraction of sp³-hybridized carbons (Fsp3) is 0.375. The molecule has 2 atom stereocenters. The molecule has 0 aliphatic carbocycles. The van der Waals surface area contributed by atoms with Gasteiger partial charge in [-0.3, -0.25) is 5.10 Å². The van der Waals surface area contributed by atoms with Gasteiger partial charge in [-0.15, -0.1) is 0 Å². The summed E-state index contributed by atoms with van der Waals surface area (Å²) in [6, 6.07) is 5.73. The predicted octanol–water partition coefficient (Wildman–Crippen LogP) is 2.81. The van der Waals surface area contributed by atoms with E-state index in [1.165, 1.54) is 6.26 Å². The van der Waals surface area contributed by atoms with Crippen molar-refractivity contribution >= 4 is 21.7 Å². The molecule has 10 heteroatoms. The Kier molecular flexibility index (Phi) is 5.65. The summed E-state index contributed by atoms with van der Waals surface area (Å²) in [6.07, 6.45) is 8.66. The fourth-order valence-corrected chi connectivity index (χ4v) is 5.29. The number of pyridine rings is 2. The first-order chi connectivity index (χ1) is 16.2. The van der Waals surface area contributed by atoms with Gasteiger partial charge in [0.2, 0.25) is 0 Å². The van der Waals surface area contributed by atoms with Crippen molar-refractivity contribution in [2.45, 2.75) is 31.0 Å². The Morgan fingerprint density at radius 3 is 2.74 bits per heavy atom. The number of hydrogen-bond acceptors (Lipinski definition) is 8. The number of ether oxygens (including phenoxy) is 1. The zero-order valence-electron chi connectivity index (χ0n) is 19.7. The minimum Gasteiger partial charge on any atom is -0.377 e. The maximum Gasteiger partial charge on any atom is 0.192 e. The molecule has 1 unspecified atom stereocenters. The summed E-state index contributed by atoms with van der Waals surface area (Å²) in [5, 5.41) is 7.33. The number of H-pyrrole nitrogens is 1. The van der Waals surface area contributed by atoms with Gasteiger partial charge < -0.3 is 14.5 Å². The van der Waals surface area contributed by atoms with E-state index in [1.54, 1.807) is 18.5 Å². The lowest BCUT2D eigenvalue weighted by Crippen LogP contribution is -2.44. The maximum atomic E-state index is 12.1. The molecule has 0 radical (unpaired) electrons. The smallest absolute Gasteiger partial charge is 0.192 e. The van der Waals surface area contributed by atoms with Crippen LogP contribution in [-0.4, -0.2) is 72.6 Å². The summed E-state index contributed by atoms with van der Waals surface area (Å²) >= 11 is 0. The lowest BCUT2D eigenvalue weighted by Gasteiger charge is -2.37. The minimum atomic E-state index is -3.40. The van der Waals surface area contributed by atoms with Crippen LogP contribution in [0.2, 0.25) is 0 Å². The van der Waals surface area contributed by atoms with Crippen molar-refractivity contribution in [3.8, 4) is 11.1 Å². The van der Waals surface area contributed by atoms with Crippen LogP contribution in [0, 0.1) is 6.92 Å². The SMILES string of the molecule is Cc1cc(S(C)(=O)=O)ncc1-c1cc(N2CCOC[C@H]2C)nc2c1C=CN(C)C2c1ccn[nH]1. The molecule has 2 aliphatic rings. The average Bonchev–Trinajstić information content (AvgIpc) is 3.32. The van der Waals surface area contributed by atoms with Gasteiger partial charge in [-0.25, -0.2) is 18.4 Å². The second-order valence-corrected chi connectivity index (χ2v) is 10.9. The van der Waals surface area contributed by atoms with Gasteiger partial charge in [0.15, 0.2) is 14.9 Å². The topological polar surface area (TPSA) is 104 Å². The van der Waals surface area contributed by atoms with Gasteiger partial charge in [0.1, 0.15) is 11.9 Å².